The van der Waals surface area contributed by atoms with Gasteiger partial charge in [0.15, 0.2) is 0 Å². The smallest absolute Gasteiger partial charge is 0.224 e. The maximum atomic E-state index is 12.1. The van der Waals surface area contributed by atoms with Gasteiger partial charge in [0.1, 0.15) is 11.6 Å². The van der Waals surface area contributed by atoms with Gasteiger partial charge in [-0.1, -0.05) is 0 Å². The molecule has 2 fully saturated rings. The summed E-state index contributed by atoms with van der Waals surface area (Å²) in [5, 5.41) is 27.4. The van der Waals surface area contributed by atoms with E-state index >= 15 is 0 Å². The first-order valence-electron chi connectivity index (χ1n) is 9.25. The first kappa shape index (κ1) is 18.3. The van der Waals surface area contributed by atoms with Crippen molar-refractivity contribution >= 4 is 5.91 Å². The summed E-state index contributed by atoms with van der Waals surface area (Å²) >= 11 is 0. The van der Waals surface area contributed by atoms with Crippen molar-refractivity contribution in [1.29, 1.82) is 0 Å². The second-order valence-electron chi connectivity index (χ2n) is 7.19. The van der Waals surface area contributed by atoms with Gasteiger partial charge in [0.05, 0.1) is 19.3 Å². The lowest BCUT2D eigenvalue weighted by atomic mass is 9.97. The lowest BCUT2D eigenvalue weighted by molar-refractivity contribution is -0.133. The molecule has 3 heterocycles. The number of amides is 1. The Kier molecular flexibility index (Phi) is 6.03. The molecule has 25 heavy (non-hydrogen) atoms. The molecule has 1 aromatic rings. The number of aliphatic hydroxyl groups excluding tert-OH is 2. The maximum absolute atomic E-state index is 12.1. The van der Waals surface area contributed by atoms with Crippen LogP contribution in [0.4, 0.5) is 0 Å². The summed E-state index contributed by atoms with van der Waals surface area (Å²) in [6.45, 7) is 3.83. The van der Waals surface area contributed by atoms with Gasteiger partial charge in [-0.25, -0.2) is 0 Å². The zero-order valence-electron chi connectivity index (χ0n) is 15.0. The van der Waals surface area contributed by atoms with Crippen LogP contribution in [0.5, 0.6) is 0 Å². The predicted octanol–water partition coefficient (Wildman–Crippen LogP) is -0.140. The summed E-state index contributed by atoms with van der Waals surface area (Å²) in [5.41, 5.74) is 0. The van der Waals surface area contributed by atoms with Crippen molar-refractivity contribution in [2.45, 2.75) is 50.7 Å². The van der Waals surface area contributed by atoms with Crippen LogP contribution in [0.2, 0.25) is 0 Å². The molecule has 0 radical (unpaired) electrons. The highest BCUT2D eigenvalue weighted by molar-refractivity contribution is 5.76. The van der Waals surface area contributed by atoms with Crippen LogP contribution in [-0.4, -0.2) is 79.6 Å². The molecule has 3 rings (SSSR count). The second kappa shape index (κ2) is 8.25. The van der Waals surface area contributed by atoms with Crippen LogP contribution >= 0.6 is 0 Å². The molecule has 2 saturated heterocycles. The summed E-state index contributed by atoms with van der Waals surface area (Å²) < 4.78 is 2.07. The van der Waals surface area contributed by atoms with E-state index in [9.17, 15) is 9.90 Å². The Morgan fingerprint density at radius 3 is 2.68 bits per heavy atom. The lowest BCUT2D eigenvalue weighted by Crippen LogP contribution is -2.40. The fourth-order valence-electron chi connectivity index (χ4n) is 3.81. The van der Waals surface area contributed by atoms with Gasteiger partial charge in [-0.05, 0) is 25.7 Å². The van der Waals surface area contributed by atoms with Gasteiger partial charge in [-0.3, -0.25) is 9.69 Å². The third kappa shape index (κ3) is 4.37. The van der Waals surface area contributed by atoms with Crippen molar-refractivity contribution in [3.8, 4) is 0 Å². The molecule has 2 N–H and O–H groups in total. The van der Waals surface area contributed by atoms with Crippen LogP contribution in [0.3, 0.4) is 0 Å². The van der Waals surface area contributed by atoms with Crippen LogP contribution < -0.4 is 0 Å². The van der Waals surface area contributed by atoms with Crippen molar-refractivity contribution in [2.24, 2.45) is 7.05 Å². The van der Waals surface area contributed by atoms with Crippen molar-refractivity contribution in [3.63, 3.8) is 0 Å². The highest BCUT2D eigenvalue weighted by Gasteiger charge is 2.28. The summed E-state index contributed by atoms with van der Waals surface area (Å²) in [6.07, 6.45) is 3.61. The van der Waals surface area contributed by atoms with Crippen molar-refractivity contribution in [1.82, 2.24) is 24.6 Å². The minimum Gasteiger partial charge on any atom is -0.396 e. The Morgan fingerprint density at radius 1 is 1.20 bits per heavy atom. The summed E-state index contributed by atoms with van der Waals surface area (Å²) in [6, 6.07) is 0. The lowest BCUT2D eigenvalue weighted by Gasteiger charge is -2.32. The monoisotopic (exact) mass is 351 g/mol. The molecule has 140 valence electrons. The first-order valence-corrected chi connectivity index (χ1v) is 9.25. The Hall–Kier alpha value is -1.51. The Morgan fingerprint density at radius 2 is 1.96 bits per heavy atom. The van der Waals surface area contributed by atoms with Gasteiger partial charge in [-0.15, -0.1) is 10.2 Å². The molecule has 0 unspecified atom stereocenters. The third-order valence-corrected chi connectivity index (χ3v) is 5.39. The standard InChI is InChI=1S/C17H29N5O3/c1-20-15(12-21-8-4-14(24)5-9-21)18-19-17(20)13-3-2-7-22(11-13)16(25)6-10-23/h13-14,23-24H,2-12H2,1H3/t13-/m1/s1. The normalized spacial score (nSPS) is 23.2. The summed E-state index contributed by atoms with van der Waals surface area (Å²) in [5.74, 6) is 2.09. The summed E-state index contributed by atoms with van der Waals surface area (Å²) in [7, 11) is 2.00. The van der Waals surface area contributed by atoms with Crippen molar-refractivity contribution in [2.75, 3.05) is 32.8 Å². The molecule has 0 saturated carbocycles. The van der Waals surface area contributed by atoms with Crippen molar-refractivity contribution in [3.05, 3.63) is 11.6 Å². The number of piperidine rings is 2. The van der Waals surface area contributed by atoms with E-state index in [2.05, 4.69) is 19.7 Å². The van der Waals surface area contributed by atoms with E-state index in [1.54, 1.807) is 0 Å². The fraction of sp³-hybridized carbons (Fsp3) is 0.824. The van der Waals surface area contributed by atoms with E-state index in [1.807, 2.05) is 11.9 Å². The number of carbonyl (C=O) groups excluding carboxylic acids is 1. The van der Waals surface area contributed by atoms with Gasteiger partial charge >= 0.3 is 0 Å². The average Bonchev–Trinajstić information content (AvgIpc) is 2.98. The number of likely N-dealkylation sites (tertiary alicyclic amines) is 2. The minimum atomic E-state index is -0.170. The molecule has 2 aliphatic rings. The van der Waals surface area contributed by atoms with Gasteiger partial charge in [0, 0.05) is 45.6 Å². The molecule has 0 spiro atoms. The number of aromatic nitrogens is 3. The Balaban J connectivity index is 1.63. The maximum Gasteiger partial charge on any atom is 0.224 e. The number of nitrogens with zero attached hydrogens (tertiary/aromatic N) is 5. The van der Waals surface area contributed by atoms with E-state index in [0.717, 1.165) is 63.5 Å². The SMILES string of the molecule is Cn1c(CN2CCC(O)CC2)nnc1[C@@H]1CCCN(C(=O)CCO)C1. The molecule has 0 aromatic carbocycles. The van der Waals surface area contributed by atoms with Crippen LogP contribution in [0, 0.1) is 0 Å². The quantitative estimate of drug-likeness (QED) is 0.767. The van der Waals surface area contributed by atoms with E-state index in [4.69, 9.17) is 5.11 Å². The zero-order chi connectivity index (χ0) is 17.8. The molecule has 8 nitrogen and oxygen atoms in total. The Labute approximate surface area is 148 Å². The van der Waals surface area contributed by atoms with Crippen LogP contribution in [0.15, 0.2) is 0 Å². The largest absolute Gasteiger partial charge is 0.396 e. The van der Waals surface area contributed by atoms with E-state index in [1.165, 1.54) is 0 Å². The molecule has 1 atom stereocenters. The number of carbonyl (C=O) groups is 1. The van der Waals surface area contributed by atoms with Crippen LogP contribution in [-0.2, 0) is 18.4 Å². The third-order valence-electron chi connectivity index (χ3n) is 5.39. The van der Waals surface area contributed by atoms with Gasteiger partial charge in [-0.2, -0.15) is 0 Å². The average molecular weight is 351 g/mol. The number of hydrogen-bond acceptors (Lipinski definition) is 6. The molecular weight excluding hydrogens is 322 g/mol. The van der Waals surface area contributed by atoms with E-state index in [0.29, 0.717) is 6.54 Å². The zero-order valence-corrected chi connectivity index (χ0v) is 15.0. The number of rotatable bonds is 5. The second-order valence-corrected chi connectivity index (χ2v) is 7.19. The topological polar surface area (TPSA) is 94.7 Å². The molecular formula is C17H29N5O3. The minimum absolute atomic E-state index is 0.0152. The van der Waals surface area contributed by atoms with E-state index < -0.39 is 0 Å². The van der Waals surface area contributed by atoms with Gasteiger partial charge in [0.25, 0.3) is 0 Å². The van der Waals surface area contributed by atoms with E-state index in [-0.39, 0.29) is 31.0 Å². The van der Waals surface area contributed by atoms with Gasteiger partial charge in [0.2, 0.25) is 5.91 Å². The Bertz CT molecular complexity index is 583. The molecule has 2 aliphatic heterocycles. The highest BCUT2D eigenvalue weighted by atomic mass is 16.3. The molecule has 1 aromatic heterocycles. The summed E-state index contributed by atoms with van der Waals surface area (Å²) in [4.78, 5) is 16.2. The number of hydrogen-bond donors (Lipinski definition) is 2. The number of aliphatic hydroxyl groups is 2. The molecule has 1 amide bonds. The molecule has 0 aliphatic carbocycles. The van der Waals surface area contributed by atoms with Crippen LogP contribution in [0.25, 0.3) is 0 Å². The fourth-order valence-corrected chi connectivity index (χ4v) is 3.81. The first-order chi connectivity index (χ1) is 12.1. The van der Waals surface area contributed by atoms with Gasteiger partial charge < -0.3 is 19.7 Å². The molecule has 8 heteroatoms. The van der Waals surface area contributed by atoms with Crippen LogP contribution in [0.1, 0.15) is 49.7 Å². The highest BCUT2D eigenvalue weighted by Crippen LogP contribution is 2.26. The van der Waals surface area contributed by atoms with Crippen molar-refractivity contribution < 1.29 is 15.0 Å². The predicted molar refractivity (Wildman–Crippen MR) is 91.8 cm³/mol. The molecule has 0 bridgehead atoms.